The highest BCUT2D eigenvalue weighted by Crippen LogP contribution is 2.17. The zero-order chi connectivity index (χ0) is 15.0. The molecule has 0 fully saturated rings. The highest BCUT2D eigenvalue weighted by atomic mass is 16.5. The molecule has 0 bridgehead atoms. The summed E-state index contributed by atoms with van der Waals surface area (Å²) in [5.74, 6) is 0.752. The van der Waals surface area contributed by atoms with E-state index in [-0.39, 0.29) is 11.9 Å². The molecule has 1 amide bonds. The van der Waals surface area contributed by atoms with Crippen LogP contribution >= 0.6 is 0 Å². The fourth-order valence-electron chi connectivity index (χ4n) is 1.75. The Balaban J connectivity index is 2.52. The Morgan fingerprint density at radius 1 is 1.40 bits per heavy atom. The number of pyridine rings is 1. The first-order valence-corrected chi connectivity index (χ1v) is 7.12. The van der Waals surface area contributed by atoms with Crippen molar-refractivity contribution in [3.05, 3.63) is 23.5 Å². The van der Waals surface area contributed by atoms with E-state index in [1.165, 1.54) is 0 Å². The second-order valence-electron chi connectivity index (χ2n) is 5.00. The molecule has 5 nitrogen and oxygen atoms in total. The minimum atomic E-state index is 0.00769. The molecule has 0 saturated carbocycles. The van der Waals surface area contributed by atoms with E-state index >= 15 is 0 Å². The number of aryl methyl sites for hydroxylation is 1. The summed E-state index contributed by atoms with van der Waals surface area (Å²) in [6.07, 6.45) is 0.354. The van der Waals surface area contributed by atoms with E-state index in [2.05, 4.69) is 15.6 Å². The van der Waals surface area contributed by atoms with Crippen LogP contribution in [0.5, 0.6) is 5.75 Å². The predicted octanol–water partition coefficient (Wildman–Crippen LogP) is 1.79. The lowest BCUT2D eigenvalue weighted by atomic mass is 10.2. The van der Waals surface area contributed by atoms with Crippen LogP contribution in [-0.4, -0.2) is 30.1 Å². The van der Waals surface area contributed by atoms with E-state index in [4.69, 9.17) is 4.74 Å². The van der Waals surface area contributed by atoms with Gasteiger partial charge in [0, 0.05) is 18.3 Å². The second-order valence-corrected chi connectivity index (χ2v) is 5.00. The minimum absolute atomic E-state index is 0.00769. The maximum absolute atomic E-state index is 11.5. The number of carbonyl (C=O) groups is 1. The van der Waals surface area contributed by atoms with E-state index in [1.807, 2.05) is 39.8 Å². The molecule has 0 saturated heterocycles. The van der Waals surface area contributed by atoms with Gasteiger partial charge >= 0.3 is 0 Å². The summed E-state index contributed by atoms with van der Waals surface area (Å²) in [6, 6.07) is 3.99. The summed E-state index contributed by atoms with van der Waals surface area (Å²) < 4.78 is 5.68. The fourth-order valence-corrected chi connectivity index (χ4v) is 1.75. The molecule has 112 valence electrons. The number of hydrogen-bond donors (Lipinski definition) is 2. The summed E-state index contributed by atoms with van der Waals surface area (Å²) in [7, 11) is 0. The molecule has 0 aliphatic heterocycles. The minimum Gasteiger partial charge on any atom is -0.491 e. The third-order valence-corrected chi connectivity index (χ3v) is 2.65. The van der Waals surface area contributed by atoms with Crippen LogP contribution in [0.4, 0.5) is 0 Å². The SMILES string of the molecule is CCNCc1nc(C)ccc1OCCC(=O)NC(C)C. The molecule has 1 rings (SSSR count). The van der Waals surface area contributed by atoms with Crippen LogP contribution in [0.2, 0.25) is 0 Å². The van der Waals surface area contributed by atoms with Crippen LogP contribution in [0.1, 0.15) is 38.6 Å². The van der Waals surface area contributed by atoms with Crippen LogP contribution in [-0.2, 0) is 11.3 Å². The van der Waals surface area contributed by atoms with Crippen molar-refractivity contribution in [2.75, 3.05) is 13.2 Å². The van der Waals surface area contributed by atoms with Gasteiger partial charge in [-0.15, -0.1) is 0 Å². The largest absolute Gasteiger partial charge is 0.491 e. The number of nitrogens with zero attached hydrogens (tertiary/aromatic N) is 1. The van der Waals surface area contributed by atoms with Crippen molar-refractivity contribution in [3.63, 3.8) is 0 Å². The van der Waals surface area contributed by atoms with Gasteiger partial charge in [-0.3, -0.25) is 9.78 Å². The van der Waals surface area contributed by atoms with Gasteiger partial charge in [-0.1, -0.05) is 6.92 Å². The van der Waals surface area contributed by atoms with Gasteiger partial charge < -0.3 is 15.4 Å². The first-order chi connectivity index (χ1) is 9.52. The molecule has 1 aromatic rings. The summed E-state index contributed by atoms with van der Waals surface area (Å²) >= 11 is 0. The van der Waals surface area contributed by atoms with Crippen molar-refractivity contribution in [1.29, 1.82) is 0 Å². The first kappa shape index (κ1) is 16.4. The highest BCUT2D eigenvalue weighted by molar-refractivity contribution is 5.76. The molecule has 0 unspecified atom stereocenters. The lowest BCUT2D eigenvalue weighted by molar-refractivity contribution is -0.122. The molecule has 0 aromatic carbocycles. The van der Waals surface area contributed by atoms with Crippen molar-refractivity contribution < 1.29 is 9.53 Å². The van der Waals surface area contributed by atoms with Gasteiger partial charge in [-0.05, 0) is 39.4 Å². The normalized spacial score (nSPS) is 10.7. The first-order valence-electron chi connectivity index (χ1n) is 7.12. The Bertz CT molecular complexity index is 433. The zero-order valence-electron chi connectivity index (χ0n) is 12.8. The summed E-state index contributed by atoms with van der Waals surface area (Å²) in [5, 5.41) is 6.08. The number of hydrogen-bond acceptors (Lipinski definition) is 4. The Labute approximate surface area is 121 Å². The number of amides is 1. The van der Waals surface area contributed by atoms with Gasteiger partial charge in [0.05, 0.1) is 18.7 Å². The second kappa shape index (κ2) is 8.53. The third kappa shape index (κ3) is 6.02. The molecule has 0 radical (unpaired) electrons. The van der Waals surface area contributed by atoms with Gasteiger partial charge in [0.2, 0.25) is 5.91 Å². The van der Waals surface area contributed by atoms with Crippen LogP contribution in [0, 0.1) is 6.92 Å². The molecule has 5 heteroatoms. The third-order valence-electron chi connectivity index (χ3n) is 2.65. The molecular formula is C15H25N3O2. The summed E-state index contributed by atoms with van der Waals surface area (Å²) in [6.45, 7) is 9.80. The molecule has 2 N–H and O–H groups in total. The van der Waals surface area contributed by atoms with Crippen molar-refractivity contribution in [1.82, 2.24) is 15.6 Å². The molecule has 0 aliphatic carbocycles. The molecule has 0 atom stereocenters. The Hall–Kier alpha value is -1.62. The van der Waals surface area contributed by atoms with Gasteiger partial charge in [-0.25, -0.2) is 0 Å². The van der Waals surface area contributed by atoms with Crippen molar-refractivity contribution in [2.24, 2.45) is 0 Å². The Kier molecular flexibility index (Phi) is 7.01. The summed E-state index contributed by atoms with van der Waals surface area (Å²) in [5.41, 5.74) is 1.85. The van der Waals surface area contributed by atoms with Gasteiger partial charge in [-0.2, -0.15) is 0 Å². The average Bonchev–Trinajstić information content (AvgIpc) is 2.37. The number of ether oxygens (including phenoxy) is 1. The maximum Gasteiger partial charge on any atom is 0.223 e. The lowest BCUT2D eigenvalue weighted by Gasteiger charge is -2.12. The topological polar surface area (TPSA) is 63.3 Å². The van der Waals surface area contributed by atoms with Crippen molar-refractivity contribution in [3.8, 4) is 5.75 Å². The zero-order valence-corrected chi connectivity index (χ0v) is 12.8. The predicted molar refractivity (Wildman–Crippen MR) is 79.7 cm³/mol. The number of nitrogens with one attached hydrogen (secondary N) is 2. The van der Waals surface area contributed by atoms with Gasteiger partial charge in [0.1, 0.15) is 5.75 Å². The molecule has 20 heavy (non-hydrogen) atoms. The van der Waals surface area contributed by atoms with Gasteiger partial charge in [0.25, 0.3) is 0 Å². The highest BCUT2D eigenvalue weighted by Gasteiger charge is 2.08. The van der Waals surface area contributed by atoms with Crippen LogP contribution in [0.25, 0.3) is 0 Å². The lowest BCUT2D eigenvalue weighted by Crippen LogP contribution is -2.31. The molecule has 1 heterocycles. The van der Waals surface area contributed by atoms with E-state index in [1.54, 1.807) is 0 Å². The van der Waals surface area contributed by atoms with E-state index < -0.39 is 0 Å². The van der Waals surface area contributed by atoms with Gasteiger partial charge in [0.15, 0.2) is 0 Å². The van der Waals surface area contributed by atoms with E-state index in [0.717, 1.165) is 23.7 Å². The average molecular weight is 279 g/mol. The van der Waals surface area contributed by atoms with Crippen molar-refractivity contribution in [2.45, 2.75) is 46.7 Å². The fraction of sp³-hybridized carbons (Fsp3) is 0.600. The summed E-state index contributed by atoms with van der Waals surface area (Å²) in [4.78, 5) is 16.0. The molecular weight excluding hydrogens is 254 g/mol. The number of rotatable bonds is 8. The molecule has 0 spiro atoms. The number of aromatic nitrogens is 1. The van der Waals surface area contributed by atoms with E-state index in [0.29, 0.717) is 19.6 Å². The molecule has 0 aliphatic rings. The smallest absolute Gasteiger partial charge is 0.223 e. The van der Waals surface area contributed by atoms with Crippen molar-refractivity contribution >= 4 is 5.91 Å². The van der Waals surface area contributed by atoms with Crippen LogP contribution in [0.3, 0.4) is 0 Å². The monoisotopic (exact) mass is 279 g/mol. The quantitative estimate of drug-likeness (QED) is 0.761. The maximum atomic E-state index is 11.5. The Morgan fingerprint density at radius 3 is 2.80 bits per heavy atom. The molecule has 1 aromatic heterocycles. The van der Waals surface area contributed by atoms with Crippen LogP contribution in [0.15, 0.2) is 12.1 Å². The number of carbonyl (C=O) groups excluding carboxylic acids is 1. The van der Waals surface area contributed by atoms with E-state index in [9.17, 15) is 4.79 Å². The standard InChI is InChI=1S/C15H25N3O2/c1-5-16-10-13-14(7-6-12(4)18-13)20-9-8-15(19)17-11(2)3/h6-7,11,16H,5,8-10H2,1-4H3,(H,17,19). The van der Waals surface area contributed by atoms with Crippen LogP contribution < -0.4 is 15.4 Å². The Morgan fingerprint density at radius 2 is 2.15 bits per heavy atom.